The predicted octanol–water partition coefficient (Wildman–Crippen LogP) is 4.57. The minimum Gasteiger partial charge on any atom is -0.361 e. The molecule has 1 aliphatic rings. The molecule has 0 unspecified atom stereocenters. The average molecular weight is 413 g/mol. The first-order chi connectivity index (χ1) is 14.0. The lowest BCUT2D eigenvalue weighted by Gasteiger charge is -2.46. The highest BCUT2D eigenvalue weighted by molar-refractivity contribution is 5.75. The van der Waals surface area contributed by atoms with Gasteiger partial charge in [0.05, 0.1) is 4.92 Å². The summed E-state index contributed by atoms with van der Waals surface area (Å²) in [6, 6.07) is 7.94. The van der Waals surface area contributed by atoms with Crippen LogP contribution in [0.5, 0.6) is 0 Å². The topological polar surface area (TPSA) is 96.2 Å². The van der Waals surface area contributed by atoms with Crippen LogP contribution in [-0.2, 0) is 0 Å². The third-order valence-corrected chi connectivity index (χ3v) is 5.40. The first kappa shape index (κ1) is 22.0. The average Bonchev–Trinajstić information content (AvgIpc) is 2.59. The molecule has 0 spiro atoms. The van der Waals surface area contributed by atoms with Crippen molar-refractivity contribution in [1.29, 1.82) is 0 Å². The van der Waals surface area contributed by atoms with Gasteiger partial charge < -0.3 is 15.5 Å². The van der Waals surface area contributed by atoms with Gasteiger partial charge in [0.2, 0.25) is 11.6 Å². The number of hydrogen-bond acceptors (Lipinski definition) is 7. The minimum absolute atomic E-state index is 0.0618. The second-order valence-electron chi connectivity index (χ2n) is 9.38. The molecule has 162 valence electrons. The third-order valence-electron chi connectivity index (χ3n) is 5.40. The van der Waals surface area contributed by atoms with Gasteiger partial charge in [-0.15, -0.1) is 0 Å². The molecule has 3 rings (SSSR count). The van der Waals surface area contributed by atoms with Crippen molar-refractivity contribution in [3.8, 4) is 0 Å². The molecule has 1 aromatic heterocycles. The highest BCUT2D eigenvalue weighted by atomic mass is 16.6. The molecule has 0 amide bonds. The maximum atomic E-state index is 12.1. The lowest BCUT2D eigenvalue weighted by molar-refractivity contribution is -0.383. The summed E-state index contributed by atoms with van der Waals surface area (Å²) in [5.74, 6) is 0.577. The van der Waals surface area contributed by atoms with Gasteiger partial charge in [0.25, 0.3) is 0 Å². The van der Waals surface area contributed by atoms with Crippen LogP contribution < -0.4 is 15.5 Å². The highest BCUT2D eigenvalue weighted by Gasteiger charge is 2.39. The van der Waals surface area contributed by atoms with E-state index in [-0.39, 0.29) is 33.5 Å². The standard InChI is InChI=1S/C22H32N6O2/c1-7-27(17-10-8-9-15(2)11-17)20-18(28(29)30)19(23-14-24-20)25-16-12-21(3,4)26-22(5,6)13-16/h8-11,14,16,26H,7,12-13H2,1-6H3,(H,23,24,25). The normalized spacial score (nSPS) is 18.1. The summed E-state index contributed by atoms with van der Waals surface area (Å²) in [5, 5.41) is 19.1. The molecule has 0 bridgehead atoms. The molecular weight excluding hydrogens is 380 g/mol. The van der Waals surface area contributed by atoms with E-state index in [1.807, 2.05) is 43.0 Å². The van der Waals surface area contributed by atoms with E-state index in [0.717, 1.165) is 24.1 Å². The van der Waals surface area contributed by atoms with Crippen molar-refractivity contribution >= 4 is 23.0 Å². The van der Waals surface area contributed by atoms with Crippen LogP contribution in [0.4, 0.5) is 23.0 Å². The number of benzene rings is 1. The summed E-state index contributed by atoms with van der Waals surface area (Å²) in [7, 11) is 0. The van der Waals surface area contributed by atoms with Crippen LogP contribution in [0.1, 0.15) is 53.0 Å². The van der Waals surface area contributed by atoms with Gasteiger partial charge in [-0.25, -0.2) is 9.97 Å². The predicted molar refractivity (Wildman–Crippen MR) is 120 cm³/mol. The fourth-order valence-electron chi connectivity index (χ4n) is 4.71. The molecule has 0 radical (unpaired) electrons. The van der Waals surface area contributed by atoms with Gasteiger partial charge in [0, 0.05) is 29.4 Å². The number of aryl methyl sites for hydroxylation is 1. The van der Waals surface area contributed by atoms with Crippen LogP contribution in [0.2, 0.25) is 0 Å². The van der Waals surface area contributed by atoms with Gasteiger partial charge in [0.1, 0.15) is 6.33 Å². The molecule has 1 saturated heterocycles. The Labute approximate surface area is 178 Å². The third kappa shape index (κ3) is 4.87. The number of nitrogens with one attached hydrogen (secondary N) is 2. The molecule has 2 N–H and O–H groups in total. The number of anilines is 3. The second kappa shape index (κ2) is 8.18. The summed E-state index contributed by atoms with van der Waals surface area (Å²) < 4.78 is 0. The fourth-order valence-corrected chi connectivity index (χ4v) is 4.71. The number of nitro groups is 1. The van der Waals surface area contributed by atoms with Crippen LogP contribution in [0, 0.1) is 17.0 Å². The number of piperidine rings is 1. The lowest BCUT2D eigenvalue weighted by Crippen LogP contribution is -2.60. The van der Waals surface area contributed by atoms with Gasteiger partial charge in [-0.05, 0) is 72.1 Å². The van der Waals surface area contributed by atoms with Crippen molar-refractivity contribution < 1.29 is 4.92 Å². The van der Waals surface area contributed by atoms with Crippen molar-refractivity contribution in [2.75, 3.05) is 16.8 Å². The molecule has 2 heterocycles. The zero-order chi connectivity index (χ0) is 22.1. The first-order valence-electron chi connectivity index (χ1n) is 10.4. The second-order valence-corrected chi connectivity index (χ2v) is 9.38. The molecule has 1 aromatic carbocycles. The Morgan fingerprint density at radius 1 is 1.23 bits per heavy atom. The Hall–Kier alpha value is -2.74. The van der Waals surface area contributed by atoms with E-state index in [1.54, 1.807) is 0 Å². The van der Waals surface area contributed by atoms with Crippen molar-refractivity contribution in [2.45, 2.75) is 71.5 Å². The zero-order valence-corrected chi connectivity index (χ0v) is 18.7. The molecule has 0 atom stereocenters. The van der Waals surface area contributed by atoms with Crippen LogP contribution in [0.25, 0.3) is 0 Å². The zero-order valence-electron chi connectivity index (χ0n) is 18.7. The van der Waals surface area contributed by atoms with Gasteiger partial charge in [-0.1, -0.05) is 12.1 Å². The maximum absolute atomic E-state index is 12.1. The first-order valence-corrected chi connectivity index (χ1v) is 10.4. The van der Waals surface area contributed by atoms with E-state index in [1.165, 1.54) is 6.33 Å². The molecule has 30 heavy (non-hydrogen) atoms. The Kier molecular flexibility index (Phi) is 5.99. The quantitative estimate of drug-likeness (QED) is 0.530. The van der Waals surface area contributed by atoms with Crippen LogP contribution in [0.15, 0.2) is 30.6 Å². The molecule has 2 aromatic rings. The summed E-state index contributed by atoms with van der Waals surface area (Å²) in [6.07, 6.45) is 3.07. The molecular formula is C22H32N6O2. The lowest BCUT2D eigenvalue weighted by atomic mass is 9.79. The molecule has 8 heteroatoms. The van der Waals surface area contributed by atoms with E-state index in [2.05, 4.69) is 48.3 Å². The SMILES string of the molecule is CCN(c1cccc(C)c1)c1ncnc(NC2CC(C)(C)NC(C)(C)C2)c1[N+](=O)[O-]. The van der Waals surface area contributed by atoms with Gasteiger partial charge in [-0.3, -0.25) is 10.1 Å². The molecule has 1 fully saturated rings. The van der Waals surface area contributed by atoms with E-state index >= 15 is 0 Å². The summed E-state index contributed by atoms with van der Waals surface area (Å²) in [5.41, 5.74) is 1.70. The Bertz CT molecular complexity index is 912. The van der Waals surface area contributed by atoms with Gasteiger partial charge in [0.15, 0.2) is 0 Å². The smallest absolute Gasteiger partial charge is 0.353 e. The highest BCUT2D eigenvalue weighted by Crippen LogP contribution is 2.38. The number of aromatic nitrogens is 2. The minimum atomic E-state index is -0.381. The van der Waals surface area contributed by atoms with Crippen LogP contribution in [0.3, 0.4) is 0 Å². The molecule has 1 aliphatic heterocycles. The van der Waals surface area contributed by atoms with Crippen molar-refractivity contribution in [2.24, 2.45) is 0 Å². The van der Waals surface area contributed by atoms with E-state index < -0.39 is 0 Å². The van der Waals surface area contributed by atoms with Crippen LogP contribution >= 0.6 is 0 Å². The Morgan fingerprint density at radius 3 is 2.47 bits per heavy atom. The molecule has 0 aliphatic carbocycles. The molecule has 0 saturated carbocycles. The maximum Gasteiger partial charge on any atom is 0.353 e. The number of nitrogens with zero attached hydrogens (tertiary/aromatic N) is 4. The largest absolute Gasteiger partial charge is 0.361 e. The van der Waals surface area contributed by atoms with Crippen LogP contribution in [-0.4, -0.2) is 38.6 Å². The Morgan fingerprint density at radius 2 is 1.90 bits per heavy atom. The summed E-state index contributed by atoms with van der Waals surface area (Å²) in [4.78, 5) is 22.2. The van der Waals surface area contributed by atoms with E-state index in [4.69, 9.17) is 0 Å². The number of hydrogen-bond donors (Lipinski definition) is 2. The van der Waals surface area contributed by atoms with E-state index in [0.29, 0.717) is 12.4 Å². The van der Waals surface area contributed by atoms with Crippen molar-refractivity contribution in [3.63, 3.8) is 0 Å². The monoisotopic (exact) mass is 412 g/mol. The Balaban J connectivity index is 2.00. The van der Waals surface area contributed by atoms with Gasteiger partial charge >= 0.3 is 5.69 Å². The van der Waals surface area contributed by atoms with Crippen molar-refractivity contribution in [1.82, 2.24) is 15.3 Å². The van der Waals surface area contributed by atoms with E-state index in [9.17, 15) is 10.1 Å². The summed E-state index contributed by atoms with van der Waals surface area (Å²) >= 11 is 0. The van der Waals surface area contributed by atoms with Crippen molar-refractivity contribution in [3.05, 3.63) is 46.3 Å². The fraction of sp³-hybridized carbons (Fsp3) is 0.545. The van der Waals surface area contributed by atoms with Gasteiger partial charge in [-0.2, -0.15) is 0 Å². The number of rotatable bonds is 6. The summed E-state index contributed by atoms with van der Waals surface area (Å²) in [6.45, 7) is 13.1. The molecule has 8 nitrogen and oxygen atoms in total.